The van der Waals surface area contributed by atoms with E-state index in [1.54, 1.807) is 6.92 Å². The molecular formula is C24H40O5. The van der Waals surface area contributed by atoms with Crippen LogP contribution >= 0.6 is 0 Å². The summed E-state index contributed by atoms with van der Waals surface area (Å²) in [7, 11) is 0. The summed E-state index contributed by atoms with van der Waals surface area (Å²) in [5.74, 6) is -1.01. The van der Waals surface area contributed by atoms with Gasteiger partial charge in [-0.25, -0.2) is 4.79 Å². The Morgan fingerprint density at radius 1 is 1.14 bits per heavy atom. The molecule has 4 atom stereocenters. The van der Waals surface area contributed by atoms with Gasteiger partial charge in [0, 0.05) is 18.3 Å². The number of hydrogen-bond donors (Lipinski definition) is 1. The molecule has 0 amide bonds. The second-order valence-corrected chi connectivity index (χ2v) is 8.46. The summed E-state index contributed by atoms with van der Waals surface area (Å²) < 4.78 is 4.53. The van der Waals surface area contributed by atoms with Gasteiger partial charge in [-0.2, -0.15) is 0 Å². The molecule has 166 valence electrons. The van der Waals surface area contributed by atoms with E-state index in [-0.39, 0.29) is 5.92 Å². The number of allylic oxidation sites excluding steroid dienone is 2. The van der Waals surface area contributed by atoms with Crippen LogP contribution in [0.25, 0.3) is 0 Å². The number of unbranched alkanes of at least 4 members (excludes halogenated alkanes) is 6. The predicted octanol–water partition coefficient (Wildman–Crippen LogP) is 5.15. The first-order valence-corrected chi connectivity index (χ1v) is 11.5. The largest absolute Gasteiger partial charge is 0.431 e. The maximum Gasteiger partial charge on any atom is 0.377 e. The highest BCUT2D eigenvalue weighted by Gasteiger charge is 2.32. The van der Waals surface area contributed by atoms with E-state index in [1.165, 1.54) is 32.6 Å². The number of aliphatic hydroxyl groups is 1. The van der Waals surface area contributed by atoms with Crippen LogP contribution in [-0.2, 0) is 19.1 Å². The van der Waals surface area contributed by atoms with E-state index in [2.05, 4.69) is 23.8 Å². The minimum atomic E-state index is -1.26. The van der Waals surface area contributed by atoms with Crippen molar-refractivity contribution in [3.8, 4) is 0 Å². The van der Waals surface area contributed by atoms with Gasteiger partial charge in [0.25, 0.3) is 0 Å². The van der Waals surface area contributed by atoms with E-state index in [9.17, 15) is 14.4 Å². The van der Waals surface area contributed by atoms with E-state index in [4.69, 9.17) is 5.11 Å². The standard InChI is InChI=1S/C24H40O5/c1-4-5-6-7-8-11-14-20-16-17-22(26)21(20)15-12-9-10-13-18(2)23(27)24(28)29-19(3)25/h11,14,18-21,25H,4-10,12-13,15-17H2,1-3H3/t18?,19?,20-,21+/m0/s1. The van der Waals surface area contributed by atoms with Gasteiger partial charge in [0.05, 0.1) is 0 Å². The minimum absolute atomic E-state index is 0.155. The number of carbonyl (C=O) groups excluding carboxylic acids is 3. The molecule has 1 saturated carbocycles. The molecule has 0 bridgehead atoms. The van der Waals surface area contributed by atoms with Crippen molar-refractivity contribution in [2.24, 2.45) is 17.8 Å². The van der Waals surface area contributed by atoms with Gasteiger partial charge in [-0.1, -0.05) is 64.5 Å². The fourth-order valence-electron chi connectivity index (χ4n) is 4.04. The Balaban J connectivity index is 2.26. The Hall–Kier alpha value is -1.49. The first-order chi connectivity index (χ1) is 13.9. The number of carbonyl (C=O) groups is 3. The van der Waals surface area contributed by atoms with E-state index < -0.39 is 24.0 Å². The molecule has 0 heterocycles. The number of aliphatic hydroxyl groups excluding tert-OH is 1. The van der Waals surface area contributed by atoms with Crippen molar-refractivity contribution in [2.45, 2.75) is 104 Å². The molecule has 1 rings (SSSR count). The van der Waals surface area contributed by atoms with Crippen LogP contribution in [0.15, 0.2) is 12.2 Å². The van der Waals surface area contributed by atoms with E-state index >= 15 is 0 Å². The summed E-state index contributed by atoms with van der Waals surface area (Å²) in [6.45, 7) is 5.23. The number of hydrogen-bond acceptors (Lipinski definition) is 5. The fourth-order valence-corrected chi connectivity index (χ4v) is 4.04. The molecule has 0 aromatic rings. The van der Waals surface area contributed by atoms with Crippen molar-refractivity contribution in [1.29, 1.82) is 0 Å². The average molecular weight is 409 g/mol. The zero-order valence-electron chi connectivity index (χ0n) is 18.5. The predicted molar refractivity (Wildman–Crippen MR) is 114 cm³/mol. The third kappa shape index (κ3) is 10.2. The molecule has 0 aliphatic heterocycles. The Labute approximate surface area is 176 Å². The quantitative estimate of drug-likeness (QED) is 0.133. The summed E-state index contributed by atoms with van der Waals surface area (Å²) in [5, 5.41) is 9.02. The van der Waals surface area contributed by atoms with Crippen molar-refractivity contribution in [2.75, 3.05) is 0 Å². The lowest BCUT2D eigenvalue weighted by molar-refractivity contribution is -0.171. The number of rotatable bonds is 15. The monoisotopic (exact) mass is 408 g/mol. The van der Waals surface area contributed by atoms with Gasteiger partial charge in [0.15, 0.2) is 6.29 Å². The van der Waals surface area contributed by atoms with Crippen molar-refractivity contribution < 1.29 is 24.2 Å². The Bertz CT molecular complexity index is 537. The molecule has 1 aliphatic carbocycles. The zero-order valence-corrected chi connectivity index (χ0v) is 18.5. The highest BCUT2D eigenvalue weighted by Crippen LogP contribution is 2.34. The summed E-state index contributed by atoms with van der Waals surface area (Å²) in [5.41, 5.74) is 0. The van der Waals surface area contributed by atoms with E-state index in [0.29, 0.717) is 24.5 Å². The first kappa shape index (κ1) is 25.5. The smallest absolute Gasteiger partial charge is 0.377 e. The Morgan fingerprint density at radius 3 is 2.55 bits per heavy atom. The van der Waals surface area contributed by atoms with Gasteiger partial charge in [0.2, 0.25) is 5.78 Å². The van der Waals surface area contributed by atoms with Crippen LogP contribution in [0.1, 0.15) is 97.8 Å². The third-order valence-electron chi connectivity index (χ3n) is 5.84. The average Bonchev–Trinajstić information content (AvgIpc) is 3.02. The van der Waals surface area contributed by atoms with E-state index in [0.717, 1.165) is 38.5 Å². The maximum absolute atomic E-state index is 12.2. The Kier molecular flexibility index (Phi) is 12.8. The lowest BCUT2D eigenvalue weighted by atomic mass is 9.89. The van der Waals surface area contributed by atoms with E-state index in [1.807, 2.05) is 0 Å². The molecule has 0 aromatic heterocycles. The van der Waals surface area contributed by atoms with Crippen molar-refractivity contribution >= 4 is 17.5 Å². The molecular weight excluding hydrogens is 368 g/mol. The van der Waals surface area contributed by atoms with Gasteiger partial charge in [-0.15, -0.1) is 0 Å². The molecule has 1 aliphatic rings. The fraction of sp³-hybridized carbons (Fsp3) is 0.792. The second kappa shape index (κ2) is 14.5. The van der Waals surface area contributed by atoms with Gasteiger partial charge in [0.1, 0.15) is 5.78 Å². The van der Waals surface area contributed by atoms with Crippen molar-refractivity contribution in [1.82, 2.24) is 0 Å². The van der Waals surface area contributed by atoms with Crippen LogP contribution in [0.4, 0.5) is 0 Å². The summed E-state index contributed by atoms with van der Waals surface area (Å²) in [6, 6.07) is 0. The molecule has 5 heteroatoms. The third-order valence-corrected chi connectivity index (χ3v) is 5.84. The number of esters is 1. The molecule has 0 spiro atoms. The van der Waals surface area contributed by atoms with Crippen LogP contribution in [-0.4, -0.2) is 28.9 Å². The lowest BCUT2D eigenvalue weighted by Gasteiger charge is -2.15. The molecule has 0 aromatic carbocycles. The number of ketones is 2. The van der Waals surface area contributed by atoms with Gasteiger partial charge in [-0.05, 0) is 44.9 Å². The molecule has 0 saturated heterocycles. The van der Waals surface area contributed by atoms with Crippen LogP contribution < -0.4 is 0 Å². The van der Waals surface area contributed by atoms with Crippen LogP contribution in [0.5, 0.6) is 0 Å². The van der Waals surface area contributed by atoms with Crippen LogP contribution in [0.3, 0.4) is 0 Å². The van der Waals surface area contributed by atoms with Crippen LogP contribution in [0.2, 0.25) is 0 Å². The Morgan fingerprint density at radius 2 is 1.86 bits per heavy atom. The van der Waals surface area contributed by atoms with Crippen LogP contribution in [0, 0.1) is 17.8 Å². The highest BCUT2D eigenvalue weighted by atomic mass is 16.6. The minimum Gasteiger partial charge on any atom is -0.431 e. The van der Waals surface area contributed by atoms with Gasteiger partial charge < -0.3 is 9.84 Å². The molecule has 29 heavy (non-hydrogen) atoms. The summed E-state index contributed by atoms with van der Waals surface area (Å²) in [4.78, 5) is 35.6. The van der Waals surface area contributed by atoms with Crippen molar-refractivity contribution in [3.05, 3.63) is 12.2 Å². The summed E-state index contributed by atoms with van der Waals surface area (Å²) >= 11 is 0. The van der Waals surface area contributed by atoms with Gasteiger partial charge in [-0.3, -0.25) is 9.59 Å². The number of ether oxygens (including phenoxy) is 1. The number of Topliss-reactive ketones (excluding diaryl/α,β-unsaturated/α-hetero) is 2. The second-order valence-electron chi connectivity index (χ2n) is 8.46. The van der Waals surface area contributed by atoms with Crippen molar-refractivity contribution in [3.63, 3.8) is 0 Å². The maximum atomic E-state index is 12.2. The molecule has 0 radical (unpaired) electrons. The first-order valence-electron chi connectivity index (χ1n) is 11.5. The molecule has 5 nitrogen and oxygen atoms in total. The molecule has 1 N–H and O–H groups in total. The highest BCUT2D eigenvalue weighted by molar-refractivity contribution is 6.34. The normalized spacial score (nSPS) is 21.4. The topological polar surface area (TPSA) is 80.7 Å². The zero-order chi connectivity index (χ0) is 21.6. The lowest BCUT2D eigenvalue weighted by Crippen LogP contribution is -2.27. The SMILES string of the molecule is CCCCCCC=C[C@H]1CCC(=O)[C@@H]1CCCCCC(C)C(=O)C(=O)OC(C)O. The summed E-state index contributed by atoms with van der Waals surface area (Å²) in [6.07, 6.45) is 15.4. The molecule has 2 unspecified atom stereocenters. The molecule has 1 fully saturated rings. The van der Waals surface area contributed by atoms with Gasteiger partial charge >= 0.3 is 5.97 Å².